The van der Waals surface area contributed by atoms with Gasteiger partial charge >= 0.3 is 5.97 Å². The lowest BCUT2D eigenvalue weighted by Crippen LogP contribution is -2.39. The third kappa shape index (κ3) is 3.30. The molecule has 0 bridgehead atoms. The minimum absolute atomic E-state index is 0.311. The summed E-state index contributed by atoms with van der Waals surface area (Å²) in [4.78, 5) is 24.0. The highest BCUT2D eigenvalue weighted by atomic mass is 16.5. The van der Waals surface area contributed by atoms with Gasteiger partial charge < -0.3 is 14.5 Å². The van der Waals surface area contributed by atoms with Crippen LogP contribution in [0.25, 0.3) is 11.0 Å². The lowest BCUT2D eigenvalue weighted by Gasteiger charge is -2.11. The Morgan fingerprint density at radius 2 is 2.05 bits per heavy atom. The quantitative estimate of drug-likeness (QED) is 0.833. The molecule has 1 aromatic heterocycles. The number of unbranched alkanes of at least 4 members (excludes halogenated alkanes) is 1. The van der Waals surface area contributed by atoms with Crippen molar-refractivity contribution in [3.8, 4) is 0 Å². The van der Waals surface area contributed by atoms with Crippen LogP contribution >= 0.6 is 0 Å². The highest BCUT2D eigenvalue weighted by Gasteiger charge is 2.23. The van der Waals surface area contributed by atoms with Gasteiger partial charge in [0.15, 0.2) is 0 Å². The van der Waals surface area contributed by atoms with Crippen molar-refractivity contribution in [2.45, 2.75) is 39.2 Å². The second kappa shape index (κ2) is 7.11. The molecule has 1 aromatic carbocycles. The van der Waals surface area contributed by atoms with Crippen LogP contribution in [0.2, 0.25) is 0 Å². The maximum Gasteiger partial charge on any atom is 0.328 e. The van der Waals surface area contributed by atoms with Gasteiger partial charge in [-0.15, -0.1) is 0 Å². The predicted octanol–water partition coefficient (Wildman–Crippen LogP) is 3.07. The summed E-state index contributed by atoms with van der Waals surface area (Å²) in [5.74, 6) is -0.122. The molecule has 2 aromatic rings. The van der Waals surface area contributed by atoms with Crippen LogP contribution in [0.1, 0.15) is 42.8 Å². The number of methoxy groups -OCH3 is 1. The van der Waals surface area contributed by atoms with Crippen LogP contribution in [0.15, 0.2) is 28.7 Å². The minimum Gasteiger partial charge on any atom is -0.467 e. The van der Waals surface area contributed by atoms with Crippen molar-refractivity contribution >= 4 is 22.8 Å². The molecule has 1 amide bonds. The van der Waals surface area contributed by atoms with Crippen molar-refractivity contribution < 1.29 is 18.7 Å². The van der Waals surface area contributed by atoms with Gasteiger partial charge in [-0.05, 0) is 19.4 Å². The Morgan fingerprint density at radius 1 is 1.32 bits per heavy atom. The van der Waals surface area contributed by atoms with Gasteiger partial charge in [-0.25, -0.2) is 4.79 Å². The number of hydrogen-bond donors (Lipinski definition) is 1. The standard InChI is InChI=1S/C17H21NO4/c1-4-5-9-14-15(12-8-6-7-10-13(12)22-14)16(19)18-11(2)17(20)21-3/h6-8,10-11H,4-5,9H2,1-3H3,(H,18,19)/t11-/m1/s1. The van der Waals surface area contributed by atoms with Crippen molar-refractivity contribution in [2.75, 3.05) is 7.11 Å². The smallest absolute Gasteiger partial charge is 0.328 e. The summed E-state index contributed by atoms with van der Waals surface area (Å²) < 4.78 is 10.4. The van der Waals surface area contributed by atoms with Crippen molar-refractivity contribution in [1.29, 1.82) is 0 Å². The van der Waals surface area contributed by atoms with E-state index < -0.39 is 12.0 Å². The molecule has 0 unspecified atom stereocenters. The third-order valence-electron chi connectivity index (χ3n) is 3.56. The highest BCUT2D eigenvalue weighted by molar-refractivity contribution is 6.08. The van der Waals surface area contributed by atoms with Crippen molar-refractivity contribution in [3.63, 3.8) is 0 Å². The molecule has 0 aliphatic carbocycles. The zero-order valence-corrected chi connectivity index (χ0v) is 13.1. The van der Waals surface area contributed by atoms with E-state index in [0.29, 0.717) is 23.3 Å². The molecule has 1 N–H and O–H groups in total. The van der Waals surface area contributed by atoms with E-state index in [4.69, 9.17) is 4.42 Å². The number of fused-ring (bicyclic) bond motifs is 1. The first-order valence-electron chi connectivity index (χ1n) is 7.47. The summed E-state index contributed by atoms with van der Waals surface area (Å²) in [6, 6.07) is 6.72. The Balaban J connectivity index is 2.34. The number of ether oxygens (including phenoxy) is 1. The molecule has 5 nitrogen and oxygen atoms in total. The normalized spacial score (nSPS) is 12.1. The van der Waals surface area contributed by atoms with Gasteiger partial charge in [0, 0.05) is 11.8 Å². The monoisotopic (exact) mass is 303 g/mol. The highest BCUT2D eigenvalue weighted by Crippen LogP contribution is 2.27. The van der Waals surface area contributed by atoms with Crippen molar-refractivity contribution in [2.24, 2.45) is 0 Å². The van der Waals surface area contributed by atoms with Crippen LogP contribution in [0, 0.1) is 0 Å². The summed E-state index contributed by atoms with van der Waals surface area (Å²) in [6.07, 6.45) is 2.64. The third-order valence-corrected chi connectivity index (χ3v) is 3.56. The minimum atomic E-state index is -0.704. The van der Waals surface area contributed by atoms with Gasteiger partial charge in [-0.1, -0.05) is 31.5 Å². The summed E-state index contributed by atoms with van der Waals surface area (Å²) in [5, 5.41) is 3.44. The van der Waals surface area contributed by atoms with E-state index in [9.17, 15) is 9.59 Å². The molecule has 1 heterocycles. The Bertz CT molecular complexity index is 674. The Hall–Kier alpha value is -2.30. The summed E-state index contributed by atoms with van der Waals surface area (Å²) in [5.41, 5.74) is 1.20. The molecule has 5 heteroatoms. The summed E-state index contributed by atoms with van der Waals surface area (Å²) in [7, 11) is 1.30. The molecule has 2 rings (SSSR count). The number of hydrogen-bond acceptors (Lipinski definition) is 4. The number of aryl methyl sites for hydroxylation is 1. The lowest BCUT2D eigenvalue weighted by molar-refractivity contribution is -0.142. The van der Waals surface area contributed by atoms with Gasteiger partial charge in [-0.2, -0.15) is 0 Å². The van der Waals surface area contributed by atoms with Crippen LogP contribution in [-0.4, -0.2) is 25.0 Å². The number of amides is 1. The fraction of sp³-hybridized carbons (Fsp3) is 0.412. The van der Waals surface area contributed by atoms with Crippen LogP contribution in [0.3, 0.4) is 0 Å². The molecule has 22 heavy (non-hydrogen) atoms. The van der Waals surface area contributed by atoms with Gasteiger partial charge in [0.25, 0.3) is 5.91 Å². The van der Waals surface area contributed by atoms with E-state index in [1.807, 2.05) is 24.3 Å². The number of esters is 1. The van der Waals surface area contributed by atoms with Gasteiger partial charge in [-0.3, -0.25) is 4.79 Å². The maximum atomic E-state index is 12.6. The van der Waals surface area contributed by atoms with Crippen molar-refractivity contribution in [1.82, 2.24) is 5.32 Å². The van der Waals surface area contributed by atoms with Gasteiger partial charge in [0.05, 0.1) is 12.7 Å². The van der Waals surface area contributed by atoms with E-state index in [1.54, 1.807) is 6.92 Å². The molecule has 0 aliphatic rings. The average Bonchev–Trinajstić information content (AvgIpc) is 2.90. The molecule has 0 saturated heterocycles. The molecule has 0 radical (unpaired) electrons. The van der Waals surface area contributed by atoms with E-state index in [1.165, 1.54) is 7.11 Å². The zero-order chi connectivity index (χ0) is 16.1. The van der Waals surface area contributed by atoms with Gasteiger partial charge in [0.2, 0.25) is 0 Å². The van der Waals surface area contributed by atoms with Crippen LogP contribution in [0.4, 0.5) is 0 Å². The number of benzene rings is 1. The summed E-state index contributed by atoms with van der Waals surface area (Å²) in [6.45, 7) is 3.68. The van der Waals surface area contributed by atoms with Crippen LogP contribution < -0.4 is 5.32 Å². The first kappa shape index (κ1) is 16.1. The Morgan fingerprint density at radius 3 is 2.73 bits per heavy atom. The fourth-order valence-electron chi connectivity index (χ4n) is 2.36. The number of rotatable bonds is 6. The molecular formula is C17H21NO4. The first-order chi connectivity index (χ1) is 10.6. The van der Waals surface area contributed by atoms with Gasteiger partial charge in [0.1, 0.15) is 17.4 Å². The second-order valence-electron chi connectivity index (χ2n) is 5.22. The largest absolute Gasteiger partial charge is 0.467 e. The predicted molar refractivity (Wildman–Crippen MR) is 83.8 cm³/mol. The zero-order valence-electron chi connectivity index (χ0n) is 13.1. The van der Waals surface area contributed by atoms with E-state index >= 15 is 0 Å². The first-order valence-corrected chi connectivity index (χ1v) is 7.47. The number of carbonyl (C=O) groups excluding carboxylic acids is 2. The molecule has 0 fully saturated rings. The van der Waals surface area contributed by atoms with E-state index in [2.05, 4.69) is 17.0 Å². The summed E-state index contributed by atoms with van der Waals surface area (Å²) >= 11 is 0. The molecule has 1 atom stereocenters. The number of furan rings is 1. The second-order valence-corrected chi connectivity index (χ2v) is 5.22. The average molecular weight is 303 g/mol. The number of carbonyl (C=O) groups is 2. The number of nitrogens with one attached hydrogen (secondary N) is 1. The molecule has 118 valence electrons. The SMILES string of the molecule is CCCCc1oc2ccccc2c1C(=O)N[C@H](C)C(=O)OC. The topological polar surface area (TPSA) is 68.5 Å². The molecular weight excluding hydrogens is 282 g/mol. The molecule has 0 spiro atoms. The van der Waals surface area contributed by atoms with Crippen LogP contribution in [-0.2, 0) is 16.0 Å². The molecule has 0 aliphatic heterocycles. The number of para-hydroxylation sites is 1. The Kier molecular flexibility index (Phi) is 5.20. The maximum absolute atomic E-state index is 12.6. The van der Waals surface area contributed by atoms with E-state index in [-0.39, 0.29) is 5.91 Å². The van der Waals surface area contributed by atoms with E-state index in [0.717, 1.165) is 18.2 Å². The van der Waals surface area contributed by atoms with Crippen LogP contribution in [0.5, 0.6) is 0 Å². The lowest BCUT2D eigenvalue weighted by atomic mass is 10.1. The Labute approximate surface area is 129 Å². The van der Waals surface area contributed by atoms with Crippen molar-refractivity contribution in [3.05, 3.63) is 35.6 Å². The fourth-order valence-corrected chi connectivity index (χ4v) is 2.36. The molecule has 0 saturated carbocycles.